The van der Waals surface area contributed by atoms with Crippen molar-refractivity contribution in [3.63, 3.8) is 0 Å². The van der Waals surface area contributed by atoms with Gasteiger partial charge in [-0.25, -0.2) is 0 Å². The van der Waals surface area contributed by atoms with Gasteiger partial charge >= 0.3 is 0 Å². The molecule has 1 heterocycles. The predicted molar refractivity (Wildman–Crippen MR) is 96.8 cm³/mol. The van der Waals surface area contributed by atoms with Gasteiger partial charge in [0.1, 0.15) is 0 Å². The van der Waals surface area contributed by atoms with E-state index in [2.05, 4.69) is 29.4 Å². The molecule has 1 aliphatic heterocycles. The summed E-state index contributed by atoms with van der Waals surface area (Å²) in [6.45, 7) is 9.87. The quantitative estimate of drug-likeness (QED) is 0.516. The van der Waals surface area contributed by atoms with Crippen LogP contribution in [0.5, 0.6) is 0 Å². The Morgan fingerprint density at radius 1 is 1.17 bits per heavy atom. The third kappa shape index (κ3) is 7.08. The fraction of sp³-hybridized carbons (Fsp3) is 0.944. The van der Waals surface area contributed by atoms with Crippen molar-refractivity contribution < 1.29 is 5.11 Å². The van der Waals surface area contributed by atoms with Crippen LogP contribution in [0.15, 0.2) is 4.99 Å². The van der Waals surface area contributed by atoms with Crippen LogP contribution in [0.1, 0.15) is 58.8 Å². The molecule has 2 rings (SSSR count). The van der Waals surface area contributed by atoms with Gasteiger partial charge in [-0.05, 0) is 64.5 Å². The van der Waals surface area contributed by atoms with Crippen molar-refractivity contribution in [2.24, 2.45) is 10.9 Å². The van der Waals surface area contributed by atoms with Crippen molar-refractivity contribution in [3.8, 4) is 0 Å². The summed E-state index contributed by atoms with van der Waals surface area (Å²) in [5.74, 6) is 1.54. The molecule has 0 aromatic rings. The Labute approximate surface area is 141 Å². The molecule has 0 aromatic carbocycles. The first-order valence-corrected chi connectivity index (χ1v) is 9.62. The number of piperidine rings is 1. The maximum Gasteiger partial charge on any atom is 0.191 e. The second-order valence-electron chi connectivity index (χ2n) is 7.34. The lowest BCUT2D eigenvalue weighted by Crippen LogP contribution is -2.45. The van der Waals surface area contributed by atoms with Crippen LogP contribution in [-0.2, 0) is 0 Å². The number of aliphatic imine (C=N–C) groups is 1. The topological polar surface area (TPSA) is 59.9 Å². The van der Waals surface area contributed by atoms with Crippen LogP contribution >= 0.6 is 0 Å². The largest absolute Gasteiger partial charge is 0.393 e. The average molecular weight is 325 g/mol. The number of likely N-dealkylation sites (tertiary alicyclic amines) is 1. The highest BCUT2D eigenvalue weighted by atomic mass is 16.3. The molecule has 1 unspecified atom stereocenters. The van der Waals surface area contributed by atoms with Gasteiger partial charge < -0.3 is 20.6 Å². The van der Waals surface area contributed by atoms with Crippen molar-refractivity contribution in [3.05, 3.63) is 0 Å². The number of nitrogens with zero attached hydrogens (tertiary/aromatic N) is 2. The smallest absolute Gasteiger partial charge is 0.191 e. The van der Waals surface area contributed by atoms with Crippen molar-refractivity contribution in [2.45, 2.75) is 70.9 Å². The molecule has 1 atom stereocenters. The molecule has 0 radical (unpaired) electrons. The van der Waals surface area contributed by atoms with E-state index in [0.29, 0.717) is 12.0 Å². The number of aliphatic hydroxyl groups excluding tert-OH is 1. The van der Waals surface area contributed by atoms with Crippen molar-refractivity contribution in [1.29, 1.82) is 0 Å². The Morgan fingerprint density at radius 3 is 2.52 bits per heavy atom. The molecule has 5 nitrogen and oxygen atoms in total. The number of nitrogens with one attached hydrogen (secondary N) is 2. The summed E-state index contributed by atoms with van der Waals surface area (Å²) < 4.78 is 0. The summed E-state index contributed by atoms with van der Waals surface area (Å²) in [4.78, 5) is 7.39. The summed E-state index contributed by atoms with van der Waals surface area (Å²) in [6, 6.07) is 0.452. The van der Waals surface area contributed by atoms with Gasteiger partial charge in [-0.2, -0.15) is 0 Å². The van der Waals surface area contributed by atoms with E-state index in [1.54, 1.807) is 0 Å². The van der Waals surface area contributed by atoms with E-state index in [4.69, 9.17) is 4.99 Å². The van der Waals surface area contributed by atoms with E-state index in [9.17, 15) is 5.11 Å². The van der Waals surface area contributed by atoms with E-state index < -0.39 is 0 Å². The highest BCUT2D eigenvalue weighted by Crippen LogP contribution is 2.18. The Hall–Kier alpha value is -0.810. The van der Waals surface area contributed by atoms with Gasteiger partial charge in [0.25, 0.3) is 0 Å². The van der Waals surface area contributed by atoms with E-state index >= 15 is 0 Å². The van der Waals surface area contributed by atoms with Gasteiger partial charge in [0, 0.05) is 25.7 Å². The van der Waals surface area contributed by atoms with Gasteiger partial charge in [-0.3, -0.25) is 4.99 Å². The summed E-state index contributed by atoms with van der Waals surface area (Å²) in [5, 5.41) is 16.5. The lowest BCUT2D eigenvalue weighted by molar-refractivity contribution is 0.120. The summed E-state index contributed by atoms with van der Waals surface area (Å²) in [7, 11) is 0. The zero-order valence-electron chi connectivity index (χ0n) is 15.1. The zero-order chi connectivity index (χ0) is 16.5. The van der Waals surface area contributed by atoms with E-state index in [1.807, 2.05) is 0 Å². The van der Waals surface area contributed by atoms with Crippen LogP contribution in [-0.4, -0.2) is 60.8 Å². The number of rotatable bonds is 6. The minimum atomic E-state index is -0.0999. The third-order valence-corrected chi connectivity index (χ3v) is 4.96. The number of hydrogen-bond acceptors (Lipinski definition) is 3. The molecule has 5 heteroatoms. The maximum absolute atomic E-state index is 9.62. The monoisotopic (exact) mass is 324 g/mol. The molecule has 2 fully saturated rings. The van der Waals surface area contributed by atoms with Crippen LogP contribution in [0.3, 0.4) is 0 Å². The molecule has 0 aromatic heterocycles. The fourth-order valence-electron chi connectivity index (χ4n) is 3.62. The molecule has 0 bridgehead atoms. The number of hydrogen-bond donors (Lipinski definition) is 3. The van der Waals surface area contributed by atoms with E-state index in [1.165, 1.54) is 38.9 Å². The van der Waals surface area contributed by atoms with E-state index in [0.717, 1.165) is 44.7 Å². The molecular formula is C18H36N4O. The van der Waals surface area contributed by atoms with Crippen LogP contribution in [0.4, 0.5) is 0 Å². The van der Waals surface area contributed by atoms with Crippen LogP contribution in [0.25, 0.3) is 0 Å². The van der Waals surface area contributed by atoms with Gasteiger partial charge in [-0.15, -0.1) is 0 Å². The lowest BCUT2D eigenvalue weighted by atomic mass is 9.93. The summed E-state index contributed by atoms with van der Waals surface area (Å²) in [5.41, 5.74) is 0. The Kier molecular flexibility index (Phi) is 8.17. The molecule has 1 saturated heterocycles. The fourth-order valence-corrected chi connectivity index (χ4v) is 3.62. The number of aliphatic hydroxyl groups is 1. The molecule has 1 aliphatic carbocycles. The molecule has 134 valence electrons. The third-order valence-electron chi connectivity index (χ3n) is 4.96. The number of guanidine groups is 1. The zero-order valence-corrected chi connectivity index (χ0v) is 15.1. The highest BCUT2D eigenvalue weighted by molar-refractivity contribution is 5.80. The van der Waals surface area contributed by atoms with Gasteiger partial charge in [0.2, 0.25) is 0 Å². The standard InChI is InChI=1S/C18H36N4O/c1-3-19-18(21-16-7-9-17(23)10-8-16)20-13-15(2)14-22-11-5-4-6-12-22/h15-17,23H,3-14H2,1-2H3,(H2,19,20,21). The minimum absolute atomic E-state index is 0.0999. The van der Waals surface area contributed by atoms with Crippen LogP contribution in [0, 0.1) is 5.92 Å². The minimum Gasteiger partial charge on any atom is -0.393 e. The molecule has 2 aliphatic rings. The Morgan fingerprint density at radius 2 is 1.87 bits per heavy atom. The average Bonchev–Trinajstić information content (AvgIpc) is 2.56. The Balaban J connectivity index is 1.75. The SMILES string of the molecule is CCNC(=NCC(C)CN1CCCCC1)NC1CCC(O)CC1. The van der Waals surface area contributed by atoms with Crippen molar-refractivity contribution >= 4 is 5.96 Å². The van der Waals surface area contributed by atoms with E-state index in [-0.39, 0.29) is 6.10 Å². The van der Waals surface area contributed by atoms with Crippen molar-refractivity contribution in [2.75, 3.05) is 32.7 Å². The Bertz CT molecular complexity index is 347. The normalized spacial score (nSPS) is 28.4. The molecule has 0 amide bonds. The highest BCUT2D eigenvalue weighted by Gasteiger charge is 2.20. The molecule has 1 saturated carbocycles. The van der Waals surface area contributed by atoms with Gasteiger partial charge in [0.05, 0.1) is 6.10 Å². The van der Waals surface area contributed by atoms with Crippen molar-refractivity contribution in [1.82, 2.24) is 15.5 Å². The second-order valence-corrected chi connectivity index (χ2v) is 7.34. The first kappa shape index (κ1) is 18.5. The van der Waals surface area contributed by atoms with Crippen LogP contribution < -0.4 is 10.6 Å². The van der Waals surface area contributed by atoms with Gasteiger partial charge in [-0.1, -0.05) is 13.3 Å². The first-order chi connectivity index (χ1) is 11.2. The molecule has 3 N–H and O–H groups in total. The molecule has 23 heavy (non-hydrogen) atoms. The van der Waals surface area contributed by atoms with Crippen LogP contribution in [0.2, 0.25) is 0 Å². The van der Waals surface area contributed by atoms with Gasteiger partial charge in [0.15, 0.2) is 5.96 Å². The summed E-state index contributed by atoms with van der Waals surface area (Å²) in [6.07, 6.45) is 7.89. The maximum atomic E-state index is 9.62. The predicted octanol–water partition coefficient (Wildman–Crippen LogP) is 1.97. The molecular weight excluding hydrogens is 288 g/mol. The summed E-state index contributed by atoms with van der Waals surface area (Å²) >= 11 is 0. The lowest BCUT2D eigenvalue weighted by Gasteiger charge is -2.29. The second kappa shape index (κ2) is 10.1. The molecule has 0 spiro atoms. The first-order valence-electron chi connectivity index (χ1n) is 9.62.